The molecule has 0 fully saturated rings. The third-order valence-electron chi connectivity index (χ3n) is 2.28. The summed E-state index contributed by atoms with van der Waals surface area (Å²) in [5, 5.41) is 0. The average molecular weight is 305 g/mol. The molecule has 0 heterocycles. The Bertz CT molecular complexity index is 307. The van der Waals surface area contributed by atoms with Crippen molar-refractivity contribution in [3.05, 3.63) is 38.8 Å². The first-order chi connectivity index (χ1) is 6.54. The third kappa shape index (κ3) is 2.94. The van der Waals surface area contributed by atoms with Crippen LogP contribution in [-0.2, 0) is 0 Å². The van der Waals surface area contributed by atoms with Gasteiger partial charge in [0, 0.05) is 9.49 Å². The van der Waals surface area contributed by atoms with Crippen LogP contribution in [0.5, 0.6) is 0 Å². The largest absolute Gasteiger partial charge is 0.250 e. The summed E-state index contributed by atoms with van der Waals surface area (Å²) >= 11 is 2.28. The fraction of sp³-hybridized carbons (Fsp3) is 0.417. The second-order valence-electron chi connectivity index (χ2n) is 3.84. The van der Waals surface area contributed by atoms with E-state index in [0.717, 1.165) is 11.5 Å². The van der Waals surface area contributed by atoms with E-state index >= 15 is 0 Å². The lowest BCUT2D eigenvalue weighted by molar-refractivity contribution is 0.516. The van der Waals surface area contributed by atoms with E-state index in [9.17, 15) is 4.39 Å². The van der Waals surface area contributed by atoms with Crippen molar-refractivity contribution in [2.24, 2.45) is 0 Å². The number of hydrogen-bond donors (Lipinski definition) is 0. The van der Waals surface area contributed by atoms with Crippen LogP contribution in [0.25, 0.3) is 0 Å². The predicted molar refractivity (Wildman–Crippen MR) is 67.2 cm³/mol. The molecule has 1 rings (SSSR count). The number of rotatable bonds is 3. The van der Waals surface area contributed by atoms with Crippen molar-refractivity contribution in [3.8, 4) is 0 Å². The summed E-state index contributed by atoms with van der Waals surface area (Å²) in [4.78, 5) is 0. The topological polar surface area (TPSA) is 0 Å². The fourth-order valence-electron chi connectivity index (χ4n) is 1.27. The highest BCUT2D eigenvalue weighted by Gasteiger charge is 2.09. The van der Waals surface area contributed by atoms with Gasteiger partial charge in [-0.1, -0.05) is 26.8 Å². The van der Waals surface area contributed by atoms with Crippen LogP contribution in [-0.4, -0.2) is 6.67 Å². The van der Waals surface area contributed by atoms with E-state index in [1.54, 1.807) is 0 Å². The van der Waals surface area contributed by atoms with Crippen molar-refractivity contribution in [2.45, 2.75) is 26.7 Å². The Morgan fingerprint density at radius 1 is 1.36 bits per heavy atom. The fourth-order valence-corrected chi connectivity index (χ4v) is 1.96. The molecule has 0 N–H and O–H groups in total. The van der Waals surface area contributed by atoms with E-state index in [2.05, 4.69) is 48.6 Å². The Kier molecular flexibility index (Phi) is 4.35. The Hall–Kier alpha value is -0.120. The van der Waals surface area contributed by atoms with E-state index in [-0.39, 0.29) is 6.67 Å². The Balaban J connectivity index is 3.07. The number of halogens is 2. The summed E-state index contributed by atoms with van der Waals surface area (Å²) in [5.74, 6) is 1.31. The van der Waals surface area contributed by atoms with Gasteiger partial charge >= 0.3 is 0 Å². The van der Waals surface area contributed by atoms with E-state index in [4.69, 9.17) is 0 Å². The molecule has 77 valence electrons. The maximum atomic E-state index is 12.5. The second-order valence-corrected chi connectivity index (χ2v) is 5.09. The highest BCUT2D eigenvalue weighted by Crippen LogP contribution is 2.24. The van der Waals surface area contributed by atoms with Crippen molar-refractivity contribution in [3.63, 3.8) is 0 Å². The molecule has 0 aliphatic rings. The highest BCUT2D eigenvalue weighted by atomic mass is 127. The standard InChI is InChI=1S/C12H15FI/c1-8(2)10-4-11(9(3)7-13)6-12(14)5-10/h4-6,8H,7H2,1-3H3. The predicted octanol–water partition coefficient (Wildman–Crippen LogP) is 4.33. The minimum absolute atomic E-state index is 0.363. The van der Waals surface area contributed by atoms with Gasteiger partial charge in [0.25, 0.3) is 0 Å². The Labute approximate surface area is 99.0 Å². The monoisotopic (exact) mass is 305 g/mol. The highest BCUT2D eigenvalue weighted by molar-refractivity contribution is 14.1. The van der Waals surface area contributed by atoms with Crippen LogP contribution >= 0.6 is 22.6 Å². The van der Waals surface area contributed by atoms with Crippen molar-refractivity contribution < 1.29 is 4.39 Å². The maximum absolute atomic E-state index is 12.5. The SMILES string of the molecule is C[C](CF)c1cc(I)cc(C(C)C)c1. The lowest BCUT2D eigenvalue weighted by atomic mass is 9.96. The minimum atomic E-state index is -0.363. The first kappa shape index (κ1) is 12.0. The summed E-state index contributed by atoms with van der Waals surface area (Å²) in [6.07, 6.45) is 0. The van der Waals surface area contributed by atoms with Gasteiger partial charge in [-0.05, 0) is 51.8 Å². The van der Waals surface area contributed by atoms with E-state index < -0.39 is 0 Å². The third-order valence-corrected chi connectivity index (χ3v) is 2.90. The van der Waals surface area contributed by atoms with Crippen LogP contribution in [0.15, 0.2) is 18.2 Å². The van der Waals surface area contributed by atoms with Gasteiger partial charge in [-0.2, -0.15) is 0 Å². The molecule has 2 heteroatoms. The molecule has 1 aromatic rings. The summed E-state index contributed by atoms with van der Waals surface area (Å²) < 4.78 is 13.7. The lowest BCUT2D eigenvalue weighted by Gasteiger charge is -2.12. The molecule has 14 heavy (non-hydrogen) atoms. The summed E-state index contributed by atoms with van der Waals surface area (Å²) in [7, 11) is 0. The van der Waals surface area contributed by atoms with Gasteiger partial charge in [0.1, 0.15) is 0 Å². The minimum Gasteiger partial charge on any atom is -0.250 e. The summed E-state index contributed by atoms with van der Waals surface area (Å²) in [6.45, 7) is 5.78. The normalized spacial score (nSPS) is 11.4. The second kappa shape index (κ2) is 5.10. The van der Waals surface area contributed by atoms with Crippen LogP contribution in [0.3, 0.4) is 0 Å². The number of benzene rings is 1. The molecule has 0 aliphatic carbocycles. The first-order valence-corrected chi connectivity index (χ1v) is 5.81. The zero-order valence-electron chi connectivity index (χ0n) is 8.77. The maximum Gasteiger partial charge on any atom is 0.0997 e. The first-order valence-electron chi connectivity index (χ1n) is 4.74. The van der Waals surface area contributed by atoms with Crippen molar-refractivity contribution in [2.75, 3.05) is 6.67 Å². The summed E-state index contributed by atoms with van der Waals surface area (Å²) in [6, 6.07) is 6.27. The van der Waals surface area contributed by atoms with Crippen molar-refractivity contribution in [1.82, 2.24) is 0 Å². The van der Waals surface area contributed by atoms with E-state index in [0.29, 0.717) is 5.92 Å². The molecule has 0 saturated carbocycles. The Morgan fingerprint density at radius 3 is 2.50 bits per heavy atom. The van der Waals surface area contributed by atoms with Crippen LogP contribution < -0.4 is 0 Å². The van der Waals surface area contributed by atoms with E-state index in [1.807, 2.05) is 13.0 Å². The molecular weight excluding hydrogens is 290 g/mol. The van der Waals surface area contributed by atoms with Crippen LogP contribution in [0.4, 0.5) is 4.39 Å². The van der Waals surface area contributed by atoms with Gasteiger partial charge in [-0.3, -0.25) is 4.39 Å². The van der Waals surface area contributed by atoms with Crippen molar-refractivity contribution >= 4 is 22.6 Å². The zero-order valence-corrected chi connectivity index (χ0v) is 10.9. The number of hydrogen-bond acceptors (Lipinski definition) is 0. The van der Waals surface area contributed by atoms with Crippen LogP contribution in [0, 0.1) is 9.49 Å². The molecule has 0 atom stereocenters. The molecule has 0 bridgehead atoms. The molecule has 1 radical (unpaired) electrons. The van der Waals surface area contributed by atoms with Crippen molar-refractivity contribution in [1.29, 1.82) is 0 Å². The Morgan fingerprint density at radius 2 is 2.00 bits per heavy atom. The molecule has 0 aromatic heterocycles. The molecule has 1 aromatic carbocycles. The molecular formula is C12H15FI. The average Bonchev–Trinajstić information content (AvgIpc) is 2.15. The molecule has 0 amide bonds. The van der Waals surface area contributed by atoms with Gasteiger partial charge < -0.3 is 0 Å². The van der Waals surface area contributed by atoms with Gasteiger partial charge in [0.05, 0.1) is 6.67 Å². The van der Waals surface area contributed by atoms with Crippen LogP contribution in [0.2, 0.25) is 0 Å². The molecule has 0 spiro atoms. The molecule has 0 saturated heterocycles. The van der Waals surface area contributed by atoms with Gasteiger partial charge in [0.15, 0.2) is 0 Å². The lowest BCUT2D eigenvalue weighted by Crippen LogP contribution is -1.99. The smallest absolute Gasteiger partial charge is 0.0997 e. The molecule has 0 aliphatic heterocycles. The molecule has 0 nitrogen and oxygen atoms in total. The quantitative estimate of drug-likeness (QED) is 0.729. The van der Waals surface area contributed by atoms with Gasteiger partial charge in [-0.15, -0.1) is 0 Å². The van der Waals surface area contributed by atoms with Gasteiger partial charge in [-0.25, -0.2) is 0 Å². The molecule has 0 unspecified atom stereocenters. The zero-order chi connectivity index (χ0) is 10.7. The number of alkyl halides is 1. The van der Waals surface area contributed by atoms with Crippen LogP contribution in [0.1, 0.15) is 37.8 Å². The summed E-state index contributed by atoms with van der Waals surface area (Å²) in [5.41, 5.74) is 2.31. The van der Waals surface area contributed by atoms with Gasteiger partial charge in [0.2, 0.25) is 0 Å². The van der Waals surface area contributed by atoms with E-state index in [1.165, 1.54) is 9.13 Å².